The van der Waals surface area contributed by atoms with Crippen LogP contribution in [0.2, 0.25) is 0 Å². The Morgan fingerprint density at radius 2 is 1.68 bits per heavy atom. The highest BCUT2D eigenvalue weighted by Crippen LogP contribution is 2.50. The topological polar surface area (TPSA) is 105 Å². The first kappa shape index (κ1) is 28.4. The van der Waals surface area contributed by atoms with E-state index in [9.17, 15) is 18.3 Å². The maximum Gasteiger partial charge on any atom is 0.243 e. The van der Waals surface area contributed by atoms with Gasteiger partial charge in [-0.25, -0.2) is 8.42 Å². The van der Waals surface area contributed by atoms with E-state index in [2.05, 4.69) is 4.57 Å². The van der Waals surface area contributed by atoms with Crippen molar-refractivity contribution in [2.45, 2.75) is 29.2 Å². The van der Waals surface area contributed by atoms with Crippen molar-refractivity contribution in [3.63, 3.8) is 0 Å². The average molecular weight is 571 g/mol. The fourth-order valence-corrected chi connectivity index (χ4v) is 7.88. The van der Waals surface area contributed by atoms with Gasteiger partial charge >= 0.3 is 0 Å². The Hall–Kier alpha value is -3.12. The van der Waals surface area contributed by atoms with Crippen molar-refractivity contribution in [2.75, 3.05) is 61.1 Å². The Balaban J connectivity index is 1.58. The second-order valence-corrected chi connectivity index (χ2v) is 13.0. The van der Waals surface area contributed by atoms with Crippen LogP contribution in [0.3, 0.4) is 0 Å². The fourth-order valence-electron chi connectivity index (χ4n) is 6.44. The molecule has 1 saturated heterocycles. The number of amides is 1. The molecule has 0 saturated carbocycles. The van der Waals surface area contributed by atoms with Gasteiger partial charge in [0.15, 0.2) is 0 Å². The summed E-state index contributed by atoms with van der Waals surface area (Å²) in [5, 5.41) is 11.6. The standard InChI is InChI=1S/C29H38N4O6S/c1-30(2)17-26(35)33-19-29(12-14-32(15-13-29)40(36,37)22-9-6-20(38-4)7-10-22)27-23-11-8-21(39-5)16-24(23)31(3)28(27)25(33)18-34/h6-11,16,25,34H,12-15,17-19H2,1-5H3/t25-/m0/s1. The first-order valence-electron chi connectivity index (χ1n) is 13.4. The number of hydrogen-bond acceptors (Lipinski definition) is 7. The second kappa shape index (κ2) is 10.7. The van der Waals surface area contributed by atoms with Gasteiger partial charge in [0.1, 0.15) is 11.5 Å². The van der Waals surface area contributed by atoms with Gasteiger partial charge in [-0.05, 0) is 68.9 Å². The number of ether oxygens (including phenoxy) is 2. The number of methoxy groups -OCH3 is 2. The van der Waals surface area contributed by atoms with E-state index in [-0.39, 0.29) is 24.0 Å². The molecule has 10 nitrogen and oxygen atoms in total. The SMILES string of the molecule is COc1ccc(S(=O)(=O)N2CCC3(CC2)CN(C(=O)CN(C)C)[C@@H](CO)c2c3c3ccc(OC)cc3n2C)cc1. The lowest BCUT2D eigenvalue weighted by atomic mass is 9.68. The van der Waals surface area contributed by atoms with Gasteiger partial charge in [0.05, 0.1) is 43.8 Å². The highest BCUT2D eigenvalue weighted by Gasteiger charge is 2.50. The van der Waals surface area contributed by atoms with Gasteiger partial charge in [0.2, 0.25) is 15.9 Å². The predicted octanol–water partition coefficient (Wildman–Crippen LogP) is 2.36. The first-order valence-corrected chi connectivity index (χ1v) is 14.9. The minimum atomic E-state index is -3.70. The van der Waals surface area contributed by atoms with Gasteiger partial charge in [-0.15, -0.1) is 0 Å². The quantitative estimate of drug-likeness (QED) is 0.465. The van der Waals surface area contributed by atoms with Crippen LogP contribution in [0.15, 0.2) is 47.4 Å². The molecule has 2 aromatic carbocycles. The first-order chi connectivity index (χ1) is 19.1. The Bertz CT molecular complexity index is 1510. The summed E-state index contributed by atoms with van der Waals surface area (Å²) < 4.78 is 41.4. The van der Waals surface area contributed by atoms with Gasteiger partial charge in [0, 0.05) is 49.2 Å². The maximum atomic E-state index is 13.5. The number of aliphatic hydroxyl groups excluding tert-OH is 1. The summed E-state index contributed by atoms with van der Waals surface area (Å²) >= 11 is 0. The fraction of sp³-hybridized carbons (Fsp3) is 0.483. The summed E-state index contributed by atoms with van der Waals surface area (Å²) in [7, 11) is 5.13. The zero-order valence-corrected chi connectivity index (χ0v) is 24.6. The minimum Gasteiger partial charge on any atom is -0.497 e. The average Bonchev–Trinajstić information content (AvgIpc) is 3.25. The molecule has 40 heavy (non-hydrogen) atoms. The summed E-state index contributed by atoms with van der Waals surface area (Å²) in [4.78, 5) is 17.4. The number of nitrogens with zero attached hydrogens (tertiary/aromatic N) is 4. The van der Waals surface area contributed by atoms with Crippen LogP contribution in [0.1, 0.15) is 30.1 Å². The molecule has 1 amide bonds. The van der Waals surface area contributed by atoms with E-state index in [0.717, 1.165) is 27.9 Å². The lowest BCUT2D eigenvalue weighted by Crippen LogP contribution is -2.57. The van der Waals surface area contributed by atoms with Gasteiger partial charge in [-0.2, -0.15) is 4.31 Å². The van der Waals surface area contributed by atoms with Crippen LogP contribution in [0.4, 0.5) is 0 Å². The van der Waals surface area contributed by atoms with Crippen LogP contribution in [0.5, 0.6) is 11.5 Å². The van der Waals surface area contributed by atoms with Crippen molar-refractivity contribution < 1.29 is 27.8 Å². The third-order valence-corrected chi connectivity index (χ3v) is 10.4. The van der Waals surface area contributed by atoms with Crippen molar-refractivity contribution in [3.8, 4) is 11.5 Å². The zero-order valence-electron chi connectivity index (χ0n) is 23.8. The Labute approximate surface area is 235 Å². The molecule has 1 aromatic heterocycles. The zero-order chi connectivity index (χ0) is 28.8. The monoisotopic (exact) mass is 570 g/mol. The summed E-state index contributed by atoms with van der Waals surface area (Å²) in [6.45, 7) is 1.07. The minimum absolute atomic E-state index is 0.0646. The lowest BCUT2D eigenvalue weighted by Gasteiger charge is -2.50. The van der Waals surface area contributed by atoms with Crippen LogP contribution >= 0.6 is 0 Å². The highest BCUT2D eigenvalue weighted by atomic mass is 32.2. The third-order valence-electron chi connectivity index (χ3n) is 8.47. The predicted molar refractivity (Wildman–Crippen MR) is 152 cm³/mol. The van der Waals surface area contributed by atoms with Crippen LogP contribution in [0, 0.1) is 0 Å². The Morgan fingerprint density at radius 3 is 2.25 bits per heavy atom. The van der Waals surface area contributed by atoms with E-state index in [1.807, 2.05) is 44.2 Å². The van der Waals surface area contributed by atoms with Crippen LogP contribution in [0.25, 0.3) is 10.9 Å². The van der Waals surface area contributed by atoms with Gasteiger partial charge in [0.25, 0.3) is 0 Å². The maximum absolute atomic E-state index is 13.5. The van der Waals surface area contributed by atoms with Crippen molar-refractivity contribution in [1.29, 1.82) is 0 Å². The molecule has 1 fully saturated rings. The van der Waals surface area contributed by atoms with Crippen LogP contribution in [-0.4, -0.2) is 99.2 Å². The van der Waals surface area contributed by atoms with E-state index >= 15 is 0 Å². The summed E-state index contributed by atoms with van der Waals surface area (Å²) in [6.07, 6.45) is 1.09. The summed E-state index contributed by atoms with van der Waals surface area (Å²) in [5.41, 5.74) is 2.48. The normalized spacial score (nSPS) is 19.3. The number of fused-ring (bicyclic) bond motifs is 4. The van der Waals surface area contributed by atoms with Crippen LogP contribution in [-0.2, 0) is 27.3 Å². The number of benzene rings is 2. The number of piperidine rings is 1. The van der Waals surface area contributed by atoms with Gasteiger partial charge in [-0.1, -0.05) is 0 Å². The molecule has 1 N–H and O–H groups in total. The molecule has 3 aromatic rings. The van der Waals surface area contributed by atoms with Crippen molar-refractivity contribution in [1.82, 2.24) is 18.7 Å². The number of aliphatic hydroxyl groups is 1. The molecule has 3 heterocycles. The molecule has 0 radical (unpaired) electrons. The van der Waals surface area contributed by atoms with E-state index in [1.54, 1.807) is 43.4 Å². The van der Waals surface area contributed by atoms with E-state index in [0.29, 0.717) is 38.2 Å². The largest absolute Gasteiger partial charge is 0.497 e. The van der Waals surface area contributed by atoms with Crippen molar-refractivity contribution in [3.05, 3.63) is 53.7 Å². The molecule has 2 aliphatic rings. The van der Waals surface area contributed by atoms with E-state index < -0.39 is 21.5 Å². The summed E-state index contributed by atoms with van der Waals surface area (Å²) in [5.74, 6) is 1.26. The molecule has 0 unspecified atom stereocenters. The summed E-state index contributed by atoms with van der Waals surface area (Å²) in [6, 6.07) is 11.9. The molecule has 216 valence electrons. The number of aryl methyl sites for hydroxylation is 1. The molecule has 0 aliphatic carbocycles. The number of rotatable bonds is 7. The molecule has 0 bridgehead atoms. The molecule has 1 atom stereocenters. The smallest absolute Gasteiger partial charge is 0.243 e. The number of sulfonamides is 1. The van der Waals surface area contributed by atoms with Crippen molar-refractivity contribution >= 4 is 26.8 Å². The molecule has 5 rings (SSSR count). The molecule has 2 aliphatic heterocycles. The number of carbonyl (C=O) groups excluding carboxylic acids is 1. The molecular weight excluding hydrogens is 532 g/mol. The molecule has 1 spiro atoms. The second-order valence-electron chi connectivity index (χ2n) is 11.0. The van der Waals surface area contributed by atoms with E-state index in [1.165, 1.54) is 4.31 Å². The highest BCUT2D eigenvalue weighted by molar-refractivity contribution is 7.89. The number of hydrogen-bond donors (Lipinski definition) is 1. The molecular formula is C29H38N4O6S. The number of aromatic nitrogens is 1. The number of likely N-dealkylation sites (N-methyl/N-ethyl adjacent to an activating group) is 1. The Morgan fingerprint density at radius 1 is 1.05 bits per heavy atom. The van der Waals surface area contributed by atoms with Gasteiger partial charge in [-0.3, -0.25) is 4.79 Å². The molecule has 11 heteroatoms. The lowest BCUT2D eigenvalue weighted by molar-refractivity contribution is -0.138. The van der Waals surface area contributed by atoms with E-state index in [4.69, 9.17) is 9.47 Å². The number of carbonyl (C=O) groups is 1. The van der Waals surface area contributed by atoms with Crippen molar-refractivity contribution in [2.24, 2.45) is 7.05 Å². The van der Waals surface area contributed by atoms with Crippen LogP contribution < -0.4 is 9.47 Å². The van der Waals surface area contributed by atoms with Gasteiger partial charge < -0.3 is 28.9 Å². The third kappa shape index (κ3) is 4.64. The Kier molecular flexibility index (Phi) is 7.60.